The molecule has 5 nitrogen and oxygen atoms in total. The normalized spacial score (nSPS) is 18.4. The van der Waals surface area contributed by atoms with E-state index in [1.54, 1.807) is 13.8 Å². The Labute approximate surface area is 122 Å². The lowest BCUT2D eigenvalue weighted by atomic mass is 10.0. The molecule has 0 unspecified atom stereocenters. The van der Waals surface area contributed by atoms with E-state index in [2.05, 4.69) is 11.8 Å². The van der Waals surface area contributed by atoms with Gasteiger partial charge in [-0.15, -0.1) is 0 Å². The first-order valence-corrected chi connectivity index (χ1v) is 7.54. The third-order valence-corrected chi connectivity index (χ3v) is 3.80. The zero-order chi connectivity index (χ0) is 15.4. The van der Waals surface area contributed by atoms with Crippen LogP contribution in [0.25, 0.3) is 0 Å². The van der Waals surface area contributed by atoms with Gasteiger partial charge < -0.3 is 19.6 Å². The van der Waals surface area contributed by atoms with Crippen molar-refractivity contribution in [2.24, 2.45) is 0 Å². The average molecular weight is 286 g/mol. The van der Waals surface area contributed by atoms with Crippen molar-refractivity contribution in [3.8, 4) is 0 Å². The Bertz CT molecular complexity index is 316. The smallest absolute Gasteiger partial charge is 0.254 e. The van der Waals surface area contributed by atoms with Gasteiger partial charge in [-0.1, -0.05) is 6.92 Å². The second-order valence-corrected chi connectivity index (χ2v) is 6.65. The fourth-order valence-electron chi connectivity index (χ4n) is 2.27. The van der Waals surface area contributed by atoms with Gasteiger partial charge in [0.1, 0.15) is 5.60 Å². The van der Waals surface area contributed by atoms with Crippen LogP contribution in [0.2, 0.25) is 0 Å². The molecule has 0 saturated carbocycles. The van der Waals surface area contributed by atoms with Crippen molar-refractivity contribution in [1.82, 2.24) is 9.80 Å². The van der Waals surface area contributed by atoms with Crippen LogP contribution in [0.3, 0.4) is 0 Å². The summed E-state index contributed by atoms with van der Waals surface area (Å²) in [4.78, 5) is 16.7. The van der Waals surface area contributed by atoms with Crippen molar-refractivity contribution < 1.29 is 14.6 Å². The molecule has 5 heteroatoms. The maximum absolute atomic E-state index is 12.5. The summed E-state index contributed by atoms with van der Waals surface area (Å²) < 4.78 is 5.71. The molecule has 0 spiro atoms. The number of carbonyl (C=O) groups excluding carboxylic acids is 1. The Hall–Kier alpha value is -0.650. The molecule has 0 radical (unpaired) electrons. The molecule has 0 aromatic heterocycles. The van der Waals surface area contributed by atoms with Crippen molar-refractivity contribution in [1.29, 1.82) is 0 Å². The van der Waals surface area contributed by atoms with Gasteiger partial charge in [-0.2, -0.15) is 0 Å². The van der Waals surface area contributed by atoms with E-state index in [0.717, 1.165) is 32.7 Å². The predicted molar refractivity (Wildman–Crippen MR) is 79.6 cm³/mol. The molecule has 0 aromatic carbocycles. The lowest BCUT2D eigenvalue weighted by Crippen LogP contribution is -2.54. The van der Waals surface area contributed by atoms with Crippen LogP contribution in [0, 0.1) is 0 Å². The van der Waals surface area contributed by atoms with E-state index in [0.29, 0.717) is 13.0 Å². The van der Waals surface area contributed by atoms with Crippen molar-refractivity contribution in [3.05, 3.63) is 0 Å². The van der Waals surface area contributed by atoms with E-state index in [1.165, 1.54) is 0 Å². The third-order valence-electron chi connectivity index (χ3n) is 3.80. The van der Waals surface area contributed by atoms with Gasteiger partial charge >= 0.3 is 0 Å². The number of amides is 1. The standard InChI is InChI=1S/C15H30N2O3/c1-6-16-8-10-17(11-9-16)13(18)15(4,5)20-12-7-14(2,3)19/h19H,6-12H2,1-5H3. The molecule has 0 aliphatic carbocycles. The van der Waals surface area contributed by atoms with Crippen molar-refractivity contribution >= 4 is 5.91 Å². The third kappa shape index (κ3) is 5.38. The molecule has 1 aliphatic heterocycles. The highest BCUT2D eigenvalue weighted by molar-refractivity contribution is 5.84. The quantitative estimate of drug-likeness (QED) is 0.794. The number of hydrogen-bond acceptors (Lipinski definition) is 4. The topological polar surface area (TPSA) is 53.0 Å². The molecule has 0 aromatic rings. The molecule has 1 N–H and O–H groups in total. The number of nitrogens with zero attached hydrogens (tertiary/aromatic N) is 2. The summed E-state index contributed by atoms with van der Waals surface area (Å²) in [6, 6.07) is 0. The van der Waals surface area contributed by atoms with Gasteiger partial charge in [0.15, 0.2) is 0 Å². The Balaban J connectivity index is 2.44. The van der Waals surface area contributed by atoms with Gasteiger partial charge in [0.2, 0.25) is 0 Å². The van der Waals surface area contributed by atoms with Crippen LogP contribution in [-0.2, 0) is 9.53 Å². The summed E-state index contributed by atoms with van der Waals surface area (Å²) in [5.74, 6) is 0.0454. The van der Waals surface area contributed by atoms with Crippen LogP contribution < -0.4 is 0 Å². The molecule has 20 heavy (non-hydrogen) atoms. The average Bonchev–Trinajstić information content (AvgIpc) is 2.36. The highest BCUT2D eigenvalue weighted by Crippen LogP contribution is 2.17. The summed E-state index contributed by atoms with van der Waals surface area (Å²) in [6.07, 6.45) is 0.521. The molecule has 1 aliphatic rings. The zero-order valence-corrected chi connectivity index (χ0v) is 13.6. The first-order valence-electron chi connectivity index (χ1n) is 7.54. The van der Waals surface area contributed by atoms with E-state index in [1.807, 2.05) is 18.7 Å². The molecule has 1 rings (SSSR count). The number of likely N-dealkylation sites (N-methyl/N-ethyl adjacent to an activating group) is 1. The van der Waals surface area contributed by atoms with Crippen molar-refractivity contribution in [2.45, 2.75) is 52.2 Å². The summed E-state index contributed by atoms with van der Waals surface area (Å²) in [5.41, 5.74) is -1.58. The monoisotopic (exact) mass is 286 g/mol. The number of carbonyl (C=O) groups is 1. The van der Waals surface area contributed by atoms with E-state index in [-0.39, 0.29) is 5.91 Å². The molecular weight excluding hydrogens is 256 g/mol. The van der Waals surface area contributed by atoms with Gasteiger partial charge in [-0.05, 0) is 40.7 Å². The van der Waals surface area contributed by atoms with Gasteiger partial charge in [0, 0.05) is 26.2 Å². The molecule has 1 saturated heterocycles. The summed E-state index contributed by atoms with van der Waals surface area (Å²) in [7, 11) is 0. The summed E-state index contributed by atoms with van der Waals surface area (Å²) in [6.45, 7) is 14.1. The number of piperazine rings is 1. The van der Waals surface area contributed by atoms with E-state index < -0.39 is 11.2 Å². The first-order chi connectivity index (χ1) is 9.15. The summed E-state index contributed by atoms with van der Waals surface area (Å²) in [5, 5.41) is 9.68. The minimum Gasteiger partial charge on any atom is -0.390 e. The van der Waals surface area contributed by atoms with Crippen LogP contribution in [0.15, 0.2) is 0 Å². The zero-order valence-electron chi connectivity index (χ0n) is 13.6. The van der Waals surface area contributed by atoms with Crippen molar-refractivity contribution in [2.75, 3.05) is 39.3 Å². The Morgan fingerprint density at radius 1 is 1.15 bits per heavy atom. The van der Waals surface area contributed by atoms with Crippen LogP contribution >= 0.6 is 0 Å². The predicted octanol–water partition coefficient (Wildman–Crippen LogP) is 1.11. The first kappa shape index (κ1) is 17.4. The van der Waals surface area contributed by atoms with Gasteiger partial charge in [0.05, 0.1) is 12.2 Å². The highest BCUT2D eigenvalue weighted by atomic mass is 16.5. The fraction of sp³-hybridized carbons (Fsp3) is 0.933. The molecular formula is C15H30N2O3. The minimum absolute atomic E-state index is 0.0454. The maximum atomic E-state index is 12.5. The fourth-order valence-corrected chi connectivity index (χ4v) is 2.27. The van der Waals surface area contributed by atoms with E-state index in [9.17, 15) is 9.90 Å². The second kappa shape index (κ2) is 6.87. The molecule has 0 atom stereocenters. The second-order valence-electron chi connectivity index (χ2n) is 6.65. The Morgan fingerprint density at radius 2 is 1.70 bits per heavy atom. The maximum Gasteiger partial charge on any atom is 0.254 e. The lowest BCUT2D eigenvalue weighted by Gasteiger charge is -2.38. The minimum atomic E-state index is -0.820. The SMILES string of the molecule is CCN1CCN(C(=O)C(C)(C)OCCC(C)(C)O)CC1. The number of ether oxygens (including phenoxy) is 1. The molecule has 118 valence electrons. The van der Waals surface area contributed by atoms with E-state index in [4.69, 9.17) is 4.74 Å². The highest BCUT2D eigenvalue weighted by Gasteiger charge is 2.34. The molecule has 0 bridgehead atoms. The van der Waals surface area contributed by atoms with Crippen molar-refractivity contribution in [3.63, 3.8) is 0 Å². The van der Waals surface area contributed by atoms with Crippen LogP contribution in [0.1, 0.15) is 41.0 Å². The van der Waals surface area contributed by atoms with Crippen LogP contribution in [-0.4, -0.2) is 71.3 Å². The molecule has 1 amide bonds. The Kier molecular flexibility index (Phi) is 5.98. The number of aliphatic hydroxyl groups is 1. The number of hydrogen-bond donors (Lipinski definition) is 1. The molecule has 1 fully saturated rings. The molecule has 1 heterocycles. The van der Waals surface area contributed by atoms with Crippen LogP contribution in [0.4, 0.5) is 0 Å². The van der Waals surface area contributed by atoms with Gasteiger partial charge in [-0.25, -0.2) is 0 Å². The van der Waals surface area contributed by atoms with Gasteiger partial charge in [0.25, 0.3) is 5.91 Å². The summed E-state index contributed by atoms with van der Waals surface area (Å²) >= 11 is 0. The largest absolute Gasteiger partial charge is 0.390 e. The lowest BCUT2D eigenvalue weighted by molar-refractivity contribution is -0.157. The Morgan fingerprint density at radius 3 is 2.15 bits per heavy atom. The number of rotatable bonds is 6. The van der Waals surface area contributed by atoms with Gasteiger partial charge in [-0.3, -0.25) is 4.79 Å². The van der Waals surface area contributed by atoms with Crippen LogP contribution in [0.5, 0.6) is 0 Å². The van der Waals surface area contributed by atoms with E-state index >= 15 is 0 Å².